The third-order valence-electron chi connectivity index (χ3n) is 5.26. The maximum Gasteiger partial charge on any atom is 0.405 e. The minimum Gasteiger partial charge on any atom is -0.368 e. The Morgan fingerprint density at radius 1 is 1.32 bits per heavy atom. The molecule has 8 nitrogen and oxygen atoms in total. The van der Waals surface area contributed by atoms with Crippen molar-refractivity contribution in [1.82, 2.24) is 24.6 Å². The first-order valence-corrected chi connectivity index (χ1v) is 9.73. The van der Waals surface area contributed by atoms with Crippen LogP contribution in [0.2, 0.25) is 0 Å². The van der Waals surface area contributed by atoms with Crippen molar-refractivity contribution in [3.8, 4) is 0 Å². The Bertz CT molecular complexity index is 1150. The number of aromatic nitrogens is 4. The normalized spacial score (nSPS) is 17.2. The number of piperazine rings is 1. The molecule has 4 rings (SSSR count). The molecular weight excluding hydrogens is 411 g/mol. The van der Waals surface area contributed by atoms with Crippen LogP contribution < -0.4 is 21.1 Å². The zero-order valence-corrected chi connectivity index (χ0v) is 16.9. The van der Waals surface area contributed by atoms with Gasteiger partial charge in [0.2, 0.25) is 5.95 Å². The molecule has 1 aliphatic heterocycles. The Morgan fingerprint density at radius 3 is 2.74 bits per heavy atom. The van der Waals surface area contributed by atoms with Crippen LogP contribution in [0.3, 0.4) is 0 Å². The average Bonchev–Trinajstić information content (AvgIpc) is 2.98. The molecule has 1 unspecified atom stereocenters. The molecule has 3 aromatic rings. The number of hydrogen-bond acceptors (Lipinski definition) is 6. The molecule has 1 atom stereocenters. The van der Waals surface area contributed by atoms with E-state index >= 15 is 0 Å². The summed E-state index contributed by atoms with van der Waals surface area (Å²) in [5.41, 5.74) is 1.68. The number of aryl methyl sites for hydroxylation is 1. The van der Waals surface area contributed by atoms with Crippen LogP contribution in [0, 0.1) is 0 Å². The average molecular weight is 433 g/mol. The summed E-state index contributed by atoms with van der Waals surface area (Å²) < 4.78 is 42.2. The number of benzene rings is 1. The van der Waals surface area contributed by atoms with E-state index in [1.807, 2.05) is 0 Å². The fraction of sp³-hybridized carbons (Fsp3) is 0.350. The smallest absolute Gasteiger partial charge is 0.368 e. The third kappa shape index (κ3) is 4.13. The highest BCUT2D eigenvalue weighted by molar-refractivity contribution is 5.75. The van der Waals surface area contributed by atoms with Gasteiger partial charge in [0, 0.05) is 44.3 Å². The van der Waals surface area contributed by atoms with Crippen LogP contribution in [0.5, 0.6) is 0 Å². The van der Waals surface area contributed by atoms with Crippen molar-refractivity contribution in [2.24, 2.45) is 7.05 Å². The first kappa shape index (κ1) is 20.9. The molecule has 0 amide bonds. The number of rotatable bonds is 5. The van der Waals surface area contributed by atoms with Crippen LogP contribution in [-0.4, -0.2) is 51.2 Å². The highest BCUT2D eigenvalue weighted by atomic mass is 19.4. The van der Waals surface area contributed by atoms with E-state index in [4.69, 9.17) is 0 Å². The van der Waals surface area contributed by atoms with Gasteiger partial charge in [-0.15, -0.1) is 6.58 Å². The number of allylic oxidation sites excluding steroid dienone is 1. The highest BCUT2D eigenvalue weighted by Gasteiger charge is 2.41. The summed E-state index contributed by atoms with van der Waals surface area (Å²) in [6.45, 7) is 4.64. The van der Waals surface area contributed by atoms with E-state index in [1.54, 1.807) is 47.0 Å². The summed E-state index contributed by atoms with van der Waals surface area (Å²) in [7, 11) is 1.74. The highest BCUT2D eigenvalue weighted by Crippen LogP contribution is 2.26. The molecule has 0 aliphatic carbocycles. The van der Waals surface area contributed by atoms with E-state index < -0.39 is 12.2 Å². The van der Waals surface area contributed by atoms with Gasteiger partial charge in [0.25, 0.3) is 5.56 Å². The maximum atomic E-state index is 13.0. The number of alkyl halides is 3. The predicted octanol–water partition coefficient (Wildman–Crippen LogP) is 2.40. The van der Waals surface area contributed by atoms with Gasteiger partial charge < -0.3 is 15.5 Å². The van der Waals surface area contributed by atoms with Gasteiger partial charge >= 0.3 is 6.18 Å². The Labute approximate surface area is 176 Å². The molecule has 2 aromatic heterocycles. The lowest BCUT2D eigenvalue weighted by Crippen LogP contribution is -2.57. The number of fused-ring (bicyclic) bond motifs is 1. The number of anilines is 3. The van der Waals surface area contributed by atoms with Crippen molar-refractivity contribution in [3.63, 3.8) is 0 Å². The summed E-state index contributed by atoms with van der Waals surface area (Å²) in [6, 6.07) is 5.50. The molecule has 1 fully saturated rings. The Balaban J connectivity index is 1.51. The first-order chi connectivity index (χ1) is 14.8. The second kappa shape index (κ2) is 8.06. The second-order valence-electron chi connectivity index (χ2n) is 7.30. The van der Waals surface area contributed by atoms with Crippen LogP contribution in [0.15, 0.2) is 47.9 Å². The van der Waals surface area contributed by atoms with E-state index in [0.717, 1.165) is 0 Å². The third-order valence-corrected chi connectivity index (χ3v) is 5.26. The molecule has 11 heteroatoms. The second-order valence-corrected chi connectivity index (χ2v) is 7.30. The summed E-state index contributed by atoms with van der Waals surface area (Å²) in [6.07, 6.45) is -1.18. The summed E-state index contributed by atoms with van der Waals surface area (Å²) in [4.78, 5) is 22.7. The van der Waals surface area contributed by atoms with Crippen LogP contribution >= 0.6 is 0 Å². The van der Waals surface area contributed by atoms with Crippen LogP contribution in [-0.2, 0) is 13.6 Å². The van der Waals surface area contributed by atoms with E-state index in [-0.39, 0.29) is 18.6 Å². The molecule has 1 aliphatic rings. The Kier molecular flexibility index (Phi) is 5.44. The topological polar surface area (TPSA) is 80.0 Å². The van der Waals surface area contributed by atoms with Gasteiger partial charge in [-0.2, -0.15) is 18.2 Å². The molecule has 0 radical (unpaired) electrons. The number of nitrogens with one attached hydrogen (secondary N) is 2. The quantitative estimate of drug-likeness (QED) is 0.602. The molecule has 31 heavy (non-hydrogen) atoms. The molecular formula is C20H22F3N7O. The van der Waals surface area contributed by atoms with Crippen molar-refractivity contribution in [2.75, 3.05) is 29.9 Å². The SMILES string of the molecule is C=CCn1c(=O)c2cnc(Nc3ccc(N4CCNC(C(F)(F)F)C4)cc3)nc2n1C. The van der Waals surface area contributed by atoms with E-state index in [9.17, 15) is 18.0 Å². The molecule has 164 valence electrons. The van der Waals surface area contributed by atoms with Gasteiger partial charge in [-0.1, -0.05) is 6.08 Å². The Hall–Kier alpha value is -3.34. The van der Waals surface area contributed by atoms with Crippen molar-refractivity contribution in [3.05, 3.63) is 53.5 Å². The molecule has 0 saturated carbocycles. The molecule has 0 spiro atoms. The zero-order valence-electron chi connectivity index (χ0n) is 16.9. The lowest BCUT2D eigenvalue weighted by molar-refractivity contribution is -0.155. The Morgan fingerprint density at radius 2 is 2.06 bits per heavy atom. The predicted molar refractivity (Wildman–Crippen MR) is 113 cm³/mol. The molecule has 1 saturated heterocycles. The van der Waals surface area contributed by atoms with Crippen LogP contribution in [0.1, 0.15) is 0 Å². The minimum atomic E-state index is -4.28. The fourth-order valence-electron chi connectivity index (χ4n) is 3.64. The van der Waals surface area contributed by atoms with Crippen molar-refractivity contribution in [2.45, 2.75) is 18.8 Å². The summed E-state index contributed by atoms with van der Waals surface area (Å²) >= 11 is 0. The van der Waals surface area contributed by atoms with Gasteiger partial charge in [0.15, 0.2) is 5.65 Å². The number of hydrogen-bond donors (Lipinski definition) is 2. The van der Waals surface area contributed by atoms with Crippen LogP contribution in [0.4, 0.5) is 30.5 Å². The summed E-state index contributed by atoms with van der Waals surface area (Å²) in [5, 5.41) is 5.98. The van der Waals surface area contributed by atoms with Gasteiger partial charge in [-0.3, -0.25) is 9.48 Å². The number of nitrogens with zero attached hydrogens (tertiary/aromatic N) is 5. The summed E-state index contributed by atoms with van der Waals surface area (Å²) in [5.74, 6) is 0.311. The standard InChI is InChI=1S/C20H22F3N7O/c1-3-9-30-18(31)15-11-25-19(27-17(15)28(30)2)26-13-4-6-14(7-5-13)29-10-8-24-16(12-29)20(21,22)23/h3-7,11,16,24H,1,8-10,12H2,2H3,(H,25,26,27). The van der Waals surface area contributed by atoms with Crippen molar-refractivity contribution in [1.29, 1.82) is 0 Å². The molecule has 2 N–H and O–H groups in total. The van der Waals surface area contributed by atoms with Crippen LogP contribution in [0.25, 0.3) is 11.0 Å². The van der Waals surface area contributed by atoms with Gasteiger partial charge in [0.1, 0.15) is 11.4 Å². The van der Waals surface area contributed by atoms with Gasteiger partial charge in [-0.05, 0) is 24.3 Å². The van der Waals surface area contributed by atoms with Gasteiger partial charge in [0.05, 0.1) is 6.54 Å². The molecule has 0 bridgehead atoms. The largest absolute Gasteiger partial charge is 0.405 e. The first-order valence-electron chi connectivity index (χ1n) is 9.73. The minimum absolute atomic E-state index is 0.133. The van der Waals surface area contributed by atoms with E-state index in [1.165, 1.54) is 10.9 Å². The van der Waals surface area contributed by atoms with Crippen molar-refractivity contribution < 1.29 is 13.2 Å². The molecule has 1 aromatic carbocycles. The zero-order chi connectivity index (χ0) is 22.2. The van der Waals surface area contributed by atoms with E-state index in [2.05, 4.69) is 27.2 Å². The molecule has 3 heterocycles. The monoisotopic (exact) mass is 433 g/mol. The lowest BCUT2D eigenvalue weighted by Gasteiger charge is -2.36. The van der Waals surface area contributed by atoms with Crippen molar-refractivity contribution >= 4 is 28.4 Å². The fourth-order valence-corrected chi connectivity index (χ4v) is 3.64. The van der Waals surface area contributed by atoms with Gasteiger partial charge in [-0.25, -0.2) is 9.67 Å². The lowest BCUT2D eigenvalue weighted by atomic mass is 10.1. The van der Waals surface area contributed by atoms with E-state index in [0.29, 0.717) is 41.4 Å². The number of halogens is 3. The maximum absolute atomic E-state index is 13.0.